The third-order valence-electron chi connectivity index (χ3n) is 5.15. The zero-order chi connectivity index (χ0) is 18.1. The van der Waals surface area contributed by atoms with Crippen LogP contribution in [-0.4, -0.2) is 17.7 Å². The number of hydrogen-bond acceptors (Lipinski definition) is 4. The molecule has 1 aliphatic rings. The first-order valence-electron chi connectivity index (χ1n) is 9.14. The molecule has 1 saturated heterocycles. The van der Waals surface area contributed by atoms with Crippen LogP contribution in [0.3, 0.4) is 0 Å². The minimum absolute atomic E-state index is 0.746. The molecule has 2 aromatic carbocycles. The molecule has 1 aliphatic heterocycles. The van der Waals surface area contributed by atoms with Gasteiger partial charge in [-0.1, -0.05) is 5.11 Å². The minimum atomic E-state index is 0.746. The zero-order valence-corrected chi connectivity index (χ0v) is 15.4. The average Bonchev–Trinajstić information content (AvgIpc) is 2.91. The van der Waals surface area contributed by atoms with Crippen LogP contribution in [0, 0.1) is 0 Å². The molecular formula is C20H25N6+. The van der Waals surface area contributed by atoms with Crippen molar-refractivity contribution in [2.24, 2.45) is 24.3 Å². The number of azo groups is 1. The molecule has 6 nitrogen and oxygen atoms in total. The van der Waals surface area contributed by atoms with Crippen LogP contribution in [0.5, 0.6) is 0 Å². The maximum Gasteiger partial charge on any atom is 0.422 e. The Morgan fingerprint density at radius 1 is 0.962 bits per heavy atom. The second kappa shape index (κ2) is 6.78. The first-order chi connectivity index (χ1) is 12.6. The molecule has 0 aliphatic carbocycles. The van der Waals surface area contributed by atoms with Crippen LogP contribution in [0.1, 0.15) is 19.3 Å². The van der Waals surface area contributed by atoms with Gasteiger partial charge in [-0.15, -0.1) is 0 Å². The summed E-state index contributed by atoms with van der Waals surface area (Å²) in [4.78, 5) is 2.44. The van der Waals surface area contributed by atoms with Crippen molar-refractivity contribution < 1.29 is 4.57 Å². The summed E-state index contributed by atoms with van der Waals surface area (Å²) >= 11 is 0. The predicted molar refractivity (Wildman–Crippen MR) is 105 cm³/mol. The average molecular weight is 349 g/mol. The van der Waals surface area contributed by atoms with Crippen molar-refractivity contribution in [3.8, 4) is 0 Å². The summed E-state index contributed by atoms with van der Waals surface area (Å²) in [5.74, 6) is 0.783. The van der Waals surface area contributed by atoms with Gasteiger partial charge in [0.1, 0.15) is 16.7 Å². The molecule has 0 unspecified atom stereocenters. The molecule has 1 fully saturated rings. The largest absolute Gasteiger partial charge is 0.422 e. The van der Waals surface area contributed by atoms with E-state index in [1.807, 2.05) is 53.6 Å². The van der Waals surface area contributed by atoms with Crippen molar-refractivity contribution >= 4 is 34.0 Å². The smallest absolute Gasteiger partial charge is 0.399 e. The lowest BCUT2D eigenvalue weighted by Crippen LogP contribution is -2.29. The normalized spacial score (nSPS) is 15.2. The molecule has 26 heavy (non-hydrogen) atoms. The van der Waals surface area contributed by atoms with Crippen LogP contribution in [0.15, 0.2) is 52.7 Å². The highest BCUT2D eigenvalue weighted by Gasteiger charge is 2.19. The first-order valence-corrected chi connectivity index (χ1v) is 9.14. The van der Waals surface area contributed by atoms with E-state index in [0.717, 1.165) is 41.4 Å². The summed E-state index contributed by atoms with van der Waals surface area (Å²) in [6.07, 6.45) is 3.91. The van der Waals surface area contributed by atoms with E-state index in [1.165, 1.54) is 24.9 Å². The molecule has 3 aromatic rings. The van der Waals surface area contributed by atoms with Crippen LogP contribution < -0.4 is 15.2 Å². The SMILES string of the molecule is Cn1c(/N=N/c2ccc(N3CCCCC3)cc2)[n+](C)c2ccc(N)cc21. The highest BCUT2D eigenvalue weighted by molar-refractivity contribution is 5.77. The number of nitrogen functional groups attached to an aromatic ring is 1. The van der Waals surface area contributed by atoms with E-state index in [9.17, 15) is 0 Å². The number of nitrogens with zero attached hydrogens (tertiary/aromatic N) is 5. The third kappa shape index (κ3) is 3.03. The quantitative estimate of drug-likeness (QED) is 0.441. The third-order valence-corrected chi connectivity index (χ3v) is 5.15. The van der Waals surface area contributed by atoms with Crippen molar-refractivity contribution in [1.29, 1.82) is 0 Å². The second-order valence-corrected chi connectivity index (χ2v) is 6.93. The van der Waals surface area contributed by atoms with Gasteiger partial charge in [0.2, 0.25) is 0 Å². The van der Waals surface area contributed by atoms with Gasteiger partial charge in [-0.25, -0.2) is 9.13 Å². The fourth-order valence-electron chi connectivity index (χ4n) is 3.65. The first kappa shape index (κ1) is 16.6. The van der Waals surface area contributed by atoms with Crippen molar-refractivity contribution in [3.05, 3.63) is 42.5 Å². The van der Waals surface area contributed by atoms with E-state index in [1.54, 1.807) is 0 Å². The molecule has 6 heteroatoms. The Bertz CT molecular complexity index is 949. The second-order valence-electron chi connectivity index (χ2n) is 6.93. The summed E-state index contributed by atoms with van der Waals surface area (Å²) in [5, 5.41) is 8.92. The fourth-order valence-corrected chi connectivity index (χ4v) is 3.65. The molecule has 0 radical (unpaired) electrons. The molecule has 0 amide bonds. The molecule has 2 heterocycles. The maximum absolute atomic E-state index is 5.91. The van der Waals surface area contributed by atoms with Gasteiger partial charge in [-0.05, 0) is 55.7 Å². The van der Waals surface area contributed by atoms with Crippen LogP contribution >= 0.6 is 0 Å². The summed E-state index contributed by atoms with van der Waals surface area (Å²) in [6, 6.07) is 14.2. The predicted octanol–water partition coefficient (Wildman–Crippen LogP) is 3.99. The molecule has 2 N–H and O–H groups in total. The molecule has 4 rings (SSSR count). The lowest BCUT2D eigenvalue weighted by molar-refractivity contribution is -0.632. The zero-order valence-electron chi connectivity index (χ0n) is 15.4. The monoisotopic (exact) mass is 349 g/mol. The summed E-state index contributed by atoms with van der Waals surface area (Å²) in [6.45, 7) is 2.30. The number of nitrogens with two attached hydrogens (primary N) is 1. The Hall–Kier alpha value is -2.89. The Labute approximate surface area is 153 Å². The highest BCUT2D eigenvalue weighted by atomic mass is 15.3. The maximum atomic E-state index is 5.91. The van der Waals surface area contributed by atoms with Gasteiger partial charge >= 0.3 is 5.95 Å². The summed E-state index contributed by atoms with van der Waals surface area (Å²) in [7, 11) is 3.97. The van der Waals surface area contributed by atoms with Crippen LogP contribution in [0.2, 0.25) is 0 Å². The Morgan fingerprint density at radius 3 is 2.42 bits per heavy atom. The Balaban J connectivity index is 1.59. The molecular weight excluding hydrogens is 324 g/mol. The van der Waals surface area contributed by atoms with E-state index in [2.05, 4.69) is 27.3 Å². The summed E-state index contributed by atoms with van der Waals surface area (Å²) in [5.41, 5.74) is 10.9. The number of imidazole rings is 1. The van der Waals surface area contributed by atoms with Crippen LogP contribution in [0.25, 0.3) is 11.0 Å². The topological polar surface area (TPSA) is 62.8 Å². The lowest BCUT2D eigenvalue weighted by Gasteiger charge is -2.28. The highest BCUT2D eigenvalue weighted by Crippen LogP contribution is 2.25. The van der Waals surface area contributed by atoms with Gasteiger partial charge in [0.25, 0.3) is 0 Å². The molecule has 0 saturated carbocycles. The minimum Gasteiger partial charge on any atom is -0.399 e. The number of aryl methyl sites for hydroxylation is 2. The van der Waals surface area contributed by atoms with Crippen molar-refractivity contribution in [2.75, 3.05) is 23.7 Å². The fraction of sp³-hybridized carbons (Fsp3) is 0.350. The van der Waals surface area contributed by atoms with Gasteiger partial charge in [0.05, 0.1) is 14.1 Å². The number of anilines is 2. The number of fused-ring (bicyclic) bond motifs is 1. The van der Waals surface area contributed by atoms with Gasteiger partial charge in [0.15, 0.2) is 0 Å². The standard InChI is InChI=1S/C20H25N6/c1-24-18-11-6-15(21)14-19(18)25(2)20(24)23-22-16-7-9-17(10-8-16)26-12-4-3-5-13-26/h6-11,14H,3-5,12-13,21H2,1-2H3/q+1. The van der Waals surface area contributed by atoms with Crippen molar-refractivity contribution in [3.63, 3.8) is 0 Å². The molecule has 0 spiro atoms. The van der Waals surface area contributed by atoms with Gasteiger partial charge in [-0.3, -0.25) is 0 Å². The molecule has 134 valence electrons. The summed E-state index contributed by atoms with van der Waals surface area (Å²) < 4.78 is 4.04. The number of benzene rings is 2. The van der Waals surface area contributed by atoms with E-state index in [-0.39, 0.29) is 0 Å². The number of rotatable bonds is 3. The van der Waals surface area contributed by atoms with Crippen LogP contribution in [-0.2, 0) is 14.1 Å². The van der Waals surface area contributed by atoms with Gasteiger partial charge in [0, 0.05) is 35.6 Å². The molecule has 1 aromatic heterocycles. The van der Waals surface area contributed by atoms with Crippen molar-refractivity contribution in [1.82, 2.24) is 4.57 Å². The number of aromatic nitrogens is 2. The van der Waals surface area contributed by atoms with Crippen molar-refractivity contribution in [2.45, 2.75) is 19.3 Å². The molecule has 0 atom stereocenters. The van der Waals surface area contributed by atoms with E-state index in [0.29, 0.717) is 0 Å². The number of hydrogen-bond donors (Lipinski definition) is 1. The van der Waals surface area contributed by atoms with Crippen LogP contribution in [0.4, 0.5) is 23.0 Å². The molecule has 0 bridgehead atoms. The Kier molecular flexibility index (Phi) is 4.32. The lowest BCUT2D eigenvalue weighted by atomic mass is 10.1. The van der Waals surface area contributed by atoms with Gasteiger partial charge < -0.3 is 10.6 Å². The van der Waals surface area contributed by atoms with E-state index < -0.39 is 0 Å². The Morgan fingerprint density at radius 2 is 1.69 bits per heavy atom. The van der Waals surface area contributed by atoms with Gasteiger partial charge in [-0.2, -0.15) is 0 Å². The van der Waals surface area contributed by atoms with E-state index >= 15 is 0 Å². The van der Waals surface area contributed by atoms with E-state index in [4.69, 9.17) is 5.73 Å². The number of piperidine rings is 1.